The van der Waals surface area contributed by atoms with Crippen molar-refractivity contribution in [2.24, 2.45) is 0 Å². The summed E-state index contributed by atoms with van der Waals surface area (Å²) in [4.78, 5) is 5.35. The zero-order chi connectivity index (χ0) is 54.1. The van der Waals surface area contributed by atoms with E-state index in [0.717, 1.165) is 106 Å². The summed E-state index contributed by atoms with van der Waals surface area (Å²) in [6, 6.07) is 117. The minimum atomic E-state index is -0.187. The van der Waals surface area contributed by atoms with Gasteiger partial charge in [-0.05, 0) is 103 Å². The summed E-state index contributed by atoms with van der Waals surface area (Å²) in [7, 11) is 0. The highest BCUT2D eigenvalue weighted by atomic mass is 15.2. The van der Waals surface area contributed by atoms with Crippen molar-refractivity contribution in [3.63, 3.8) is 0 Å². The molecular formula is C78H52BN3. The number of para-hydroxylation sites is 4. The smallest absolute Gasteiger partial charge is 0.252 e. The van der Waals surface area contributed by atoms with E-state index in [1.165, 1.54) is 38.4 Å². The lowest BCUT2D eigenvalue weighted by Gasteiger charge is -2.46. The largest absolute Gasteiger partial charge is 0.310 e. The average molecular weight is 1040 g/mol. The molecule has 2 aliphatic heterocycles. The molecule has 0 atom stereocenters. The van der Waals surface area contributed by atoms with Gasteiger partial charge in [-0.15, -0.1) is 0 Å². The maximum Gasteiger partial charge on any atom is 0.252 e. The van der Waals surface area contributed by atoms with Gasteiger partial charge in [0.15, 0.2) is 0 Å². The fraction of sp³-hybridized carbons (Fsp3) is 0. The monoisotopic (exact) mass is 1040 g/mol. The van der Waals surface area contributed by atoms with Gasteiger partial charge in [0, 0.05) is 55.8 Å². The molecule has 82 heavy (non-hydrogen) atoms. The number of aromatic nitrogens is 1. The lowest BCUT2D eigenvalue weighted by atomic mass is 9.33. The third-order valence-corrected chi connectivity index (χ3v) is 17.0. The summed E-state index contributed by atoms with van der Waals surface area (Å²) >= 11 is 0. The standard InChI is InChI=1S/C78H52BN3/c1-8-26-53(27-9-1)59-46-47-67-71(50-59)81(76-62(55-30-12-3-13-31-55)41-24-42-63(76)56-32-14-4-15-33-56)72-51-60(54-28-10-2-11-29-54)52-73-75(72)79(67)68-48-49-70-74(66-40-22-23-45-69(66)80(70)61-38-20-7-21-39-61)78(68)82(73)77-64(57-34-16-5-17-35-57)43-25-44-65(77)58-36-18-6-19-37-58/h1-52H. The Labute approximate surface area is 478 Å². The number of nitrogens with zero attached hydrogens (tertiary/aromatic N) is 3. The normalized spacial score (nSPS) is 12.3. The summed E-state index contributed by atoms with van der Waals surface area (Å²) in [5.74, 6) is 0. The van der Waals surface area contributed by atoms with Crippen LogP contribution in [-0.4, -0.2) is 11.3 Å². The number of anilines is 6. The molecule has 0 spiro atoms. The second kappa shape index (κ2) is 19.6. The molecule has 0 amide bonds. The summed E-state index contributed by atoms with van der Waals surface area (Å²) in [6.07, 6.45) is 0. The van der Waals surface area contributed by atoms with Gasteiger partial charge in [0.05, 0.1) is 28.1 Å². The molecule has 16 rings (SSSR count). The highest BCUT2D eigenvalue weighted by Gasteiger charge is 2.46. The highest BCUT2D eigenvalue weighted by molar-refractivity contribution is 7.00. The van der Waals surface area contributed by atoms with Gasteiger partial charge in [-0.25, -0.2) is 0 Å². The fourth-order valence-corrected chi connectivity index (χ4v) is 13.4. The average Bonchev–Trinajstić information content (AvgIpc) is 1.97. The van der Waals surface area contributed by atoms with Crippen LogP contribution in [0.5, 0.6) is 0 Å². The molecule has 2 aliphatic rings. The Balaban J connectivity index is 1.12. The first kappa shape index (κ1) is 47.3. The molecule has 14 aromatic rings. The number of hydrogen-bond acceptors (Lipinski definition) is 2. The van der Waals surface area contributed by atoms with E-state index < -0.39 is 0 Å². The van der Waals surface area contributed by atoms with Crippen LogP contribution in [-0.2, 0) is 0 Å². The molecule has 3 nitrogen and oxygen atoms in total. The van der Waals surface area contributed by atoms with E-state index in [9.17, 15) is 0 Å². The second-order valence-corrected chi connectivity index (χ2v) is 21.5. The number of hydrogen-bond donors (Lipinski definition) is 0. The minimum absolute atomic E-state index is 0.187. The van der Waals surface area contributed by atoms with E-state index in [1.54, 1.807) is 0 Å². The van der Waals surface area contributed by atoms with E-state index >= 15 is 0 Å². The number of benzene rings is 13. The lowest BCUT2D eigenvalue weighted by molar-refractivity contribution is 1.18. The molecule has 0 unspecified atom stereocenters. The predicted molar refractivity (Wildman–Crippen MR) is 347 cm³/mol. The summed E-state index contributed by atoms with van der Waals surface area (Å²) in [5, 5.41) is 2.41. The summed E-state index contributed by atoms with van der Waals surface area (Å²) in [6.45, 7) is -0.187. The van der Waals surface area contributed by atoms with E-state index in [0.29, 0.717) is 0 Å². The van der Waals surface area contributed by atoms with Crippen molar-refractivity contribution < 1.29 is 0 Å². The van der Waals surface area contributed by atoms with Crippen molar-refractivity contribution in [1.82, 2.24) is 4.57 Å². The fourth-order valence-electron chi connectivity index (χ4n) is 13.4. The Hall–Kier alpha value is -10.7. The van der Waals surface area contributed by atoms with Crippen LogP contribution in [0.15, 0.2) is 315 Å². The zero-order valence-electron chi connectivity index (χ0n) is 44.9. The Bertz CT molecular complexity index is 4600. The molecule has 0 fully saturated rings. The maximum atomic E-state index is 2.70. The topological polar surface area (TPSA) is 11.4 Å². The Morgan fingerprint density at radius 1 is 0.244 bits per heavy atom. The predicted octanol–water partition coefficient (Wildman–Crippen LogP) is 18.9. The SMILES string of the molecule is c1ccc(-c2ccc3c(c2)N(c2c(-c4ccccc4)cccc2-c2ccccc2)c2cc(-c4ccccc4)cc4c2B3c2ccc3c(c2N4c2c(-c4ccccc4)cccc2-c2ccccc2)c2ccccc2n3-c2ccccc2)cc1. The van der Waals surface area contributed by atoms with Gasteiger partial charge < -0.3 is 14.4 Å². The van der Waals surface area contributed by atoms with Crippen LogP contribution >= 0.6 is 0 Å². The van der Waals surface area contributed by atoms with Crippen molar-refractivity contribution in [2.75, 3.05) is 9.80 Å². The van der Waals surface area contributed by atoms with E-state index in [2.05, 4.69) is 330 Å². The third kappa shape index (κ3) is 7.60. The van der Waals surface area contributed by atoms with Gasteiger partial charge in [-0.1, -0.05) is 273 Å². The van der Waals surface area contributed by atoms with Crippen LogP contribution in [0, 0.1) is 0 Å². The quantitative estimate of drug-likeness (QED) is 0.134. The minimum Gasteiger partial charge on any atom is -0.310 e. The Morgan fingerprint density at radius 3 is 1.16 bits per heavy atom. The Morgan fingerprint density at radius 2 is 0.646 bits per heavy atom. The maximum absolute atomic E-state index is 2.70. The van der Waals surface area contributed by atoms with E-state index in [4.69, 9.17) is 0 Å². The van der Waals surface area contributed by atoms with Gasteiger partial charge in [0.2, 0.25) is 0 Å². The van der Waals surface area contributed by atoms with Gasteiger partial charge >= 0.3 is 0 Å². The Kier molecular flexibility index (Phi) is 11.3. The van der Waals surface area contributed by atoms with E-state index in [1.807, 2.05) is 0 Å². The molecule has 0 radical (unpaired) electrons. The number of rotatable bonds is 9. The number of fused-ring (bicyclic) bond motifs is 8. The van der Waals surface area contributed by atoms with Gasteiger partial charge in [0.25, 0.3) is 6.71 Å². The molecule has 382 valence electrons. The summed E-state index contributed by atoms with van der Waals surface area (Å²) in [5.41, 5.74) is 27.9. The van der Waals surface area contributed by atoms with Crippen LogP contribution < -0.4 is 26.2 Å². The first-order valence-corrected chi connectivity index (χ1v) is 28.4. The van der Waals surface area contributed by atoms with Crippen LogP contribution in [0.3, 0.4) is 0 Å². The zero-order valence-corrected chi connectivity index (χ0v) is 44.9. The van der Waals surface area contributed by atoms with Crippen LogP contribution in [0.2, 0.25) is 0 Å². The molecule has 0 aliphatic carbocycles. The van der Waals surface area contributed by atoms with Gasteiger partial charge in [0.1, 0.15) is 0 Å². The van der Waals surface area contributed by atoms with Gasteiger partial charge in [-0.2, -0.15) is 0 Å². The van der Waals surface area contributed by atoms with Crippen LogP contribution in [0.1, 0.15) is 0 Å². The van der Waals surface area contributed by atoms with Crippen molar-refractivity contribution in [2.45, 2.75) is 0 Å². The molecule has 3 heterocycles. The third-order valence-electron chi connectivity index (χ3n) is 17.0. The van der Waals surface area contributed by atoms with E-state index in [-0.39, 0.29) is 6.71 Å². The second-order valence-electron chi connectivity index (χ2n) is 21.5. The molecular weight excluding hydrogens is 990 g/mol. The molecule has 4 heteroatoms. The van der Waals surface area contributed by atoms with Crippen LogP contribution in [0.4, 0.5) is 34.1 Å². The summed E-state index contributed by atoms with van der Waals surface area (Å²) < 4.78 is 2.47. The van der Waals surface area contributed by atoms with Crippen LogP contribution in [0.25, 0.3) is 94.3 Å². The lowest BCUT2D eigenvalue weighted by Crippen LogP contribution is -2.61. The van der Waals surface area contributed by atoms with Gasteiger partial charge in [-0.3, -0.25) is 0 Å². The molecule has 0 N–H and O–H groups in total. The van der Waals surface area contributed by atoms with Crippen molar-refractivity contribution in [1.29, 1.82) is 0 Å². The first-order chi connectivity index (χ1) is 40.7. The van der Waals surface area contributed by atoms with Crippen molar-refractivity contribution >= 4 is 79.0 Å². The first-order valence-electron chi connectivity index (χ1n) is 28.4. The molecule has 13 aromatic carbocycles. The van der Waals surface area contributed by atoms with Crippen molar-refractivity contribution in [3.8, 4) is 72.4 Å². The molecule has 1 aromatic heterocycles. The molecule has 0 saturated carbocycles. The molecule has 0 bridgehead atoms. The van der Waals surface area contributed by atoms with Crippen molar-refractivity contribution in [3.05, 3.63) is 315 Å². The molecule has 0 saturated heterocycles. The highest BCUT2D eigenvalue weighted by Crippen LogP contribution is 2.55.